The van der Waals surface area contributed by atoms with E-state index in [1.807, 2.05) is 19.2 Å². The van der Waals surface area contributed by atoms with Crippen molar-refractivity contribution >= 4 is 17.6 Å². The van der Waals surface area contributed by atoms with Crippen molar-refractivity contribution in [1.82, 2.24) is 9.78 Å². The first-order valence-corrected chi connectivity index (χ1v) is 8.69. The number of aliphatic imine (C=N–C) groups is 1. The van der Waals surface area contributed by atoms with Gasteiger partial charge in [0.25, 0.3) is 0 Å². The minimum absolute atomic E-state index is 0.303. The van der Waals surface area contributed by atoms with Crippen molar-refractivity contribution in [2.75, 3.05) is 18.5 Å². The molecule has 0 spiro atoms. The van der Waals surface area contributed by atoms with Crippen molar-refractivity contribution in [3.63, 3.8) is 0 Å². The Morgan fingerprint density at radius 3 is 2.85 bits per heavy atom. The van der Waals surface area contributed by atoms with E-state index in [9.17, 15) is 4.39 Å². The van der Waals surface area contributed by atoms with Crippen LogP contribution in [0.3, 0.4) is 0 Å². The molecule has 1 heterocycles. The summed E-state index contributed by atoms with van der Waals surface area (Å²) < 4.78 is 15.2. The van der Waals surface area contributed by atoms with Gasteiger partial charge in [0.1, 0.15) is 5.82 Å². The third kappa shape index (κ3) is 4.21. The molecule has 6 heteroatoms. The summed E-state index contributed by atoms with van der Waals surface area (Å²) in [5, 5.41) is 13.4. The molecular formula is C21H20FN5. The Bertz CT molecular complexity index is 1000. The van der Waals surface area contributed by atoms with Gasteiger partial charge in [-0.3, -0.25) is 4.99 Å². The fourth-order valence-corrected chi connectivity index (χ4v) is 2.75. The second-order valence-corrected chi connectivity index (χ2v) is 6.06. The highest BCUT2D eigenvalue weighted by Gasteiger charge is 2.08. The number of aromatic nitrogens is 2. The second kappa shape index (κ2) is 8.28. The Balaban J connectivity index is 1.85. The average Bonchev–Trinajstić information content (AvgIpc) is 3.16. The van der Waals surface area contributed by atoms with Gasteiger partial charge in [-0.15, -0.1) is 0 Å². The number of benzene rings is 2. The van der Waals surface area contributed by atoms with Crippen LogP contribution in [-0.2, 0) is 6.42 Å². The molecule has 0 aliphatic rings. The molecule has 3 rings (SSSR count). The van der Waals surface area contributed by atoms with Crippen LogP contribution in [0.25, 0.3) is 5.69 Å². The SMILES string of the molecule is CCN(C)c1ccc(C#N)cc1N=CCc1ccnn1-c1cccc(F)c1. The Morgan fingerprint density at radius 2 is 2.11 bits per heavy atom. The summed E-state index contributed by atoms with van der Waals surface area (Å²) in [7, 11) is 1.99. The van der Waals surface area contributed by atoms with Crippen LogP contribution in [-0.4, -0.2) is 29.6 Å². The Hall–Kier alpha value is -3.46. The van der Waals surface area contributed by atoms with E-state index in [2.05, 4.69) is 28.0 Å². The summed E-state index contributed by atoms with van der Waals surface area (Å²) in [4.78, 5) is 6.65. The molecule has 0 fully saturated rings. The van der Waals surface area contributed by atoms with Crippen molar-refractivity contribution in [1.29, 1.82) is 5.26 Å². The lowest BCUT2D eigenvalue weighted by Gasteiger charge is -2.18. The highest BCUT2D eigenvalue weighted by Crippen LogP contribution is 2.28. The number of anilines is 1. The number of nitriles is 1. The first-order valence-electron chi connectivity index (χ1n) is 8.69. The summed E-state index contributed by atoms with van der Waals surface area (Å²) in [6.07, 6.45) is 4.00. The monoisotopic (exact) mass is 361 g/mol. The first kappa shape index (κ1) is 18.3. The van der Waals surface area contributed by atoms with Crippen LogP contribution in [0.1, 0.15) is 18.2 Å². The van der Waals surface area contributed by atoms with Crippen LogP contribution in [0.4, 0.5) is 15.8 Å². The van der Waals surface area contributed by atoms with Crippen LogP contribution < -0.4 is 4.90 Å². The van der Waals surface area contributed by atoms with Crippen LogP contribution in [0, 0.1) is 17.1 Å². The van der Waals surface area contributed by atoms with Gasteiger partial charge in [-0.2, -0.15) is 10.4 Å². The molecule has 2 aromatic carbocycles. The number of rotatable bonds is 6. The van der Waals surface area contributed by atoms with Crippen molar-refractivity contribution in [2.24, 2.45) is 4.99 Å². The van der Waals surface area contributed by atoms with Gasteiger partial charge in [-0.1, -0.05) is 6.07 Å². The summed E-state index contributed by atoms with van der Waals surface area (Å²) in [5.74, 6) is -0.303. The van der Waals surface area contributed by atoms with Crippen molar-refractivity contribution in [2.45, 2.75) is 13.3 Å². The minimum Gasteiger partial charge on any atom is -0.373 e. The molecule has 0 saturated heterocycles. The van der Waals surface area contributed by atoms with Gasteiger partial charge >= 0.3 is 0 Å². The zero-order chi connectivity index (χ0) is 19.2. The largest absolute Gasteiger partial charge is 0.373 e. The number of hydrogen-bond acceptors (Lipinski definition) is 4. The molecule has 0 bridgehead atoms. The van der Waals surface area contributed by atoms with Crippen molar-refractivity contribution in [3.8, 4) is 11.8 Å². The third-order valence-corrected chi connectivity index (χ3v) is 4.29. The minimum atomic E-state index is -0.303. The van der Waals surface area contributed by atoms with E-state index in [-0.39, 0.29) is 5.82 Å². The molecule has 0 N–H and O–H groups in total. The van der Waals surface area contributed by atoms with Crippen molar-refractivity contribution < 1.29 is 4.39 Å². The lowest BCUT2D eigenvalue weighted by atomic mass is 10.1. The van der Waals surface area contributed by atoms with E-state index in [0.717, 1.165) is 23.6 Å². The van der Waals surface area contributed by atoms with Gasteiger partial charge in [0.2, 0.25) is 0 Å². The Kier molecular flexibility index (Phi) is 5.62. The predicted octanol–water partition coefficient (Wildman–Crippen LogP) is 4.28. The highest BCUT2D eigenvalue weighted by atomic mass is 19.1. The summed E-state index contributed by atoms with van der Waals surface area (Å²) in [6, 6.07) is 15.8. The van der Waals surface area contributed by atoms with E-state index in [0.29, 0.717) is 17.7 Å². The van der Waals surface area contributed by atoms with E-state index in [1.54, 1.807) is 41.4 Å². The van der Waals surface area contributed by atoms with Crippen LogP contribution >= 0.6 is 0 Å². The van der Waals surface area contributed by atoms with Gasteiger partial charge in [-0.25, -0.2) is 9.07 Å². The fraction of sp³-hybridized carbons (Fsp3) is 0.190. The van der Waals surface area contributed by atoms with Crippen LogP contribution in [0.15, 0.2) is 59.7 Å². The molecule has 136 valence electrons. The van der Waals surface area contributed by atoms with E-state index in [4.69, 9.17) is 5.26 Å². The molecule has 0 radical (unpaired) electrons. The van der Waals surface area contributed by atoms with Crippen LogP contribution in [0.5, 0.6) is 0 Å². The maximum absolute atomic E-state index is 13.5. The molecule has 0 unspecified atom stereocenters. The zero-order valence-electron chi connectivity index (χ0n) is 15.3. The third-order valence-electron chi connectivity index (χ3n) is 4.29. The lowest BCUT2D eigenvalue weighted by Crippen LogP contribution is -2.15. The standard InChI is InChI=1S/C21H20FN5/c1-3-26(2)21-8-7-16(15-23)13-20(21)24-11-9-18-10-12-25-27(18)19-6-4-5-17(22)14-19/h4-8,10-14H,3,9H2,1-2H3. The van der Waals surface area contributed by atoms with Gasteiger partial charge in [0.15, 0.2) is 0 Å². The van der Waals surface area contributed by atoms with Crippen molar-refractivity contribution in [3.05, 3.63) is 71.8 Å². The highest BCUT2D eigenvalue weighted by molar-refractivity contribution is 5.75. The Labute approximate surface area is 158 Å². The lowest BCUT2D eigenvalue weighted by molar-refractivity contribution is 0.625. The normalized spacial score (nSPS) is 10.9. The molecule has 5 nitrogen and oxygen atoms in total. The van der Waals surface area contributed by atoms with Gasteiger partial charge < -0.3 is 4.90 Å². The van der Waals surface area contributed by atoms with E-state index in [1.165, 1.54) is 12.1 Å². The molecule has 1 aromatic heterocycles. The van der Waals surface area contributed by atoms with E-state index >= 15 is 0 Å². The maximum atomic E-state index is 13.5. The molecule has 0 amide bonds. The first-order chi connectivity index (χ1) is 13.1. The molecule has 3 aromatic rings. The van der Waals surface area contributed by atoms with E-state index < -0.39 is 0 Å². The predicted molar refractivity (Wildman–Crippen MR) is 105 cm³/mol. The second-order valence-electron chi connectivity index (χ2n) is 6.06. The molecule has 0 aliphatic heterocycles. The number of halogens is 1. The molecule has 27 heavy (non-hydrogen) atoms. The summed E-state index contributed by atoms with van der Waals surface area (Å²) in [6.45, 7) is 2.89. The maximum Gasteiger partial charge on any atom is 0.125 e. The summed E-state index contributed by atoms with van der Waals surface area (Å²) >= 11 is 0. The Morgan fingerprint density at radius 1 is 1.26 bits per heavy atom. The number of nitrogens with zero attached hydrogens (tertiary/aromatic N) is 5. The number of hydrogen-bond donors (Lipinski definition) is 0. The smallest absolute Gasteiger partial charge is 0.125 e. The van der Waals surface area contributed by atoms with Gasteiger partial charge in [0.05, 0.1) is 28.7 Å². The molecule has 0 saturated carbocycles. The molecule has 0 atom stereocenters. The zero-order valence-corrected chi connectivity index (χ0v) is 15.3. The average molecular weight is 361 g/mol. The molecule has 0 aliphatic carbocycles. The van der Waals surface area contributed by atoms with Crippen LogP contribution in [0.2, 0.25) is 0 Å². The quantitative estimate of drug-likeness (QED) is 0.616. The van der Waals surface area contributed by atoms with Gasteiger partial charge in [0, 0.05) is 38.1 Å². The topological polar surface area (TPSA) is 57.2 Å². The summed E-state index contributed by atoms with van der Waals surface area (Å²) in [5.41, 5.74) is 3.84. The fourth-order valence-electron chi connectivity index (χ4n) is 2.75. The van der Waals surface area contributed by atoms with Gasteiger partial charge in [-0.05, 0) is 49.4 Å². The molecular weight excluding hydrogens is 341 g/mol.